The molecule has 0 atom stereocenters. The third kappa shape index (κ3) is 14.6. The zero-order valence-corrected chi connectivity index (χ0v) is 27.3. The van der Waals surface area contributed by atoms with E-state index in [0.717, 1.165) is 5.67 Å². The highest BCUT2D eigenvalue weighted by molar-refractivity contribution is 6.88. The average molecular weight is 549 g/mol. The van der Waals surface area contributed by atoms with Gasteiger partial charge in [0.15, 0.2) is 0 Å². The minimum absolute atomic E-state index is 0.449. The smallest absolute Gasteiger partial charge is 0.377 e. The summed E-state index contributed by atoms with van der Waals surface area (Å²) in [5, 5.41) is 0. The van der Waals surface area contributed by atoms with Crippen LogP contribution in [0.15, 0.2) is 0 Å². The van der Waals surface area contributed by atoms with Crippen LogP contribution in [0.1, 0.15) is 41.5 Å². The molecule has 0 aliphatic carbocycles. The van der Waals surface area contributed by atoms with Crippen LogP contribution < -0.4 is 0 Å². The Morgan fingerprint density at radius 3 is 0.758 bits per heavy atom. The van der Waals surface area contributed by atoms with Gasteiger partial charge in [-0.3, -0.25) is 0 Å². The maximum atomic E-state index is 5.89. The molecule has 0 rings (SSSR count). The van der Waals surface area contributed by atoms with E-state index in [4.69, 9.17) is 39.8 Å². The van der Waals surface area contributed by atoms with Crippen molar-refractivity contribution in [1.29, 1.82) is 0 Å². The van der Waals surface area contributed by atoms with Gasteiger partial charge < -0.3 is 39.8 Å². The lowest BCUT2D eigenvalue weighted by molar-refractivity contribution is 0.0473. The van der Waals surface area contributed by atoms with E-state index >= 15 is 0 Å². The molecular weight excluding hydrogens is 497 g/mol. The van der Waals surface area contributed by atoms with Crippen LogP contribution in [0.3, 0.4) is 0 Å². The van der Waals surface area contributed by atoms with Gasteiger partial charge in [-0.05, 0) is 41.5 Å². The standard InChI is InChI=1S/C13H32O6Si2.C7H20O3Si2/c1-7-14-20(15-8-2,16-9-3)13-21(17-10-4,18-11-5)19-12-6;1-8-12(9-2,10-3)7-11(4,5)6/h7-13H2,1-6H3;7H2,1-6H3. The van der Waals surface area contributed by atoms with Crippen molar-refractivity contribution in [2.45, 2.75) is 72.5 Å². The molecule has 0 spiro atoms. The third-order valence-corrected chi connectivity index (χ3v) is 20.0. The van der Waals surface area contributed by atoms with Gasteiger partial charge in [-0.1, -0.05) is 19.6 Å². The molecule has 0 heterocycles. The van der Waals surface area contributed by atoms with Crippen LogP contribution in [0.5, 0.6) is 0 Å². The molecule has 0 unspecified atom stereocenters. The number of hydrogen-bond donors (Lipinski definition) is 0. The summed E-state index contributed by atoms with van der Waals surface area (Å²) < 4.78 is 51.4. The van der Waals surface area contributed by atoms with Crippen molar-refractivity contribution in [1.82, 2.24) is 0 Å². The van der Waals surface area contributed by atoms with Gasteiger partial charge in [-0.2, -0.15) is 0 Å². The van der Waals surface area contributed by atoms with E-state index in [0.29, 0.717) is 45.3 Å². The molecule has 0 aromatic carbocycles. The Bertz CT molecular complexity index is 397. The summed E-state index contributed by atoms with van der Waals surface area (Å²) in [6.45, 7) is 21.6. The molecule has 0 saturated heterocycles. The van der Waals surface area contributed by atoms with Crippen LogP contribution in [0.25, 0.3) is 0 Å². The monoisotopic (exact) mass is 548 g/mol. The average Bonchev–Trinajstić information content (AvgIpc) is 2.73. The molecular formula is C20H52O9Si4. The zero-order valence-electron chi connectivity index (χ0n) is 23.3. The van der Waals surface area contributed by atoms with Gasteiger partial charge in [0.05, 0.1) is 5.67 Å². The lowest BCUT2D eigenvalue weighted by atomic mass is 10.9. The number of rotatable bonds is 19. The fourth-order valence-electron chi connectivity index (χ4n) is 3.26. The van der Waals surface area contributed by atoms with Gasteiger partial charge in [0.1, 0.15) is 0 Å². The number of hydrogen-bond acceptors (Lipinski definition) is 9. The van der Waals surface area contributed by atoms with E-state index in [2.05, 4.69) is 19.6 Å². The van der Waals surface area contributed by atoms with Crippen molar-refractivity contribution in [3.05, 3.63) is 0 Å². The van der Waals surface area contributed by atoms with Gasteiger partial charge in [0.25, 0.3) is 0 Å². The SMILES string of the molecule is CCO[Si](C[Si](OCC)(OCC)OCC)(OCC)OCC.CO[Si](C[Si](C)(C)C)(OC)OC. The first-order valence-corrected chi connectivity index (χ1v) is 21.5. The quantitative estimate of drug-likeness (QED) is 0.219. The fourth-order valence-corrected chi connectivity index (χ4v) is 18.4. The molecule has 33 heavy (non-hydrogen) atoms. The summed E-state index contributed by atoms with van der Waals surface area (Å²) in [6, 6.07) is 0. The molecule has 0 aromatic heterocycles. The van der Waals surface area contributed by atoms with Gasteiger partial charge in [0.2, 0.25) is 0 Å². The molecule has 0 N–H and O–H groups in total. The van der Waals surface area contributed by atoms with Gasteiger partial charge in [-0.25, -0.2) is 0 Å². The summed E-state index contributed by atoms with van der Waals surface area (Å²) >= 11 is 0. The molecule has 0 bridgehead atoms. The Morgan fingerprint density at radius 2 is 0.636 bits per heavy atom. The topological polar surface area (TPSA) is 83.1 Å². The van der Waals surface area contributed by atoms with Crippen LogP contribution in [-0.2, 0) is 39.8 Å². The summed E-state index contributed by atoms with van der Waals surface area (Å²) in [5.41, 5.74) is 1.43. The highest BCUT2D eigenvalue weighted by Crippen LogP contribution is 2.27. The minimum atomic E-state index is -2.86. The Kier molecular flexibility index (Phi) is 20.2. The Balaban J connectivity index is 0. The van der Waals surface area contributed by atoms with Gasteiger partial charge in [-0.15, -0.1) is 0 Å². The minimum Gasteiger partial charge on any atom is -0.377 e. The molecule has 9 nitrogen and oxygen atoms in total. The summed E-state index contributed by atoms with van der Waals surface area (Å²) in [4.78, 5) is 0. The summed E-state index contributed by atoms with van der Waals surface area (Å²) in [7, 11) is -4.17. The molecule has 0 saturated carbocycles. The predicted molar refractivity (Wildman–Crippen MR) is 141 cm³/mol. The maximum absolute atomic E-state index is 5.89. The van der Waals surface area contributed by atoms with Gasteiger partial charge in [0, 0.05) is 74.7 Å². The van der Waals surface area contributed by atoms with Crippen molar-refractivity contribution in [2.24, 2.45) is 0 Å². The van der Waals surface area contributed by atoms with Crippen LogP contribution in [-0.4, -0.2) is 95.5 Å². The normalized spacial score (nSPS) is 13.1. The molecule has 0 fully saturated rings. The van der Waals surface area contributed by atoms with E-state index in [1.165, 1.54) is 0 Å². The molecule has 0 radical (unpaired) electrons. The Labute approximate surface area is 207 Å². The van der Waals surface area contributed by atoms with E-state index in [9.17, 15) is 0 Å². The largest absolute Gasteiger partial charge is 0.505 e. The molecule has 202 valence electrons. The van der Waals surface area contributed by atoms with Gasteiger partial charge >= 0.3 is 26.4 Å². The Hall–Kier alpha value is 0.508. The van der Waals surface area contributed by atoms with Crippen LogP contribution in [0.2, 0.25) is 31.0 Å². The van der Waals surface area contributed by atoms with Crippen molar-refractivity contribution in [2.75, 3.05) is 61.0 Å². The second-order valence-corrected chi connectivity index (χ2v) is 23.2. The van der Waals surface area contributed by atoms with Crippen LogP contribution in [0.4, 0.5) is 0 Å². The van der Waals surface area contributed by atoms with Crippen LogP contribution in [0, 0.1) is 0 Å². The first kappa shape index (κ1) is 35.7. The summed E-state index contributed by atoms with van der Waals surface area (Å²) in [6.07, 6.45) is 0. The van der Waals surface area contributed by atoms with Crippen molar-refractivity contribution in [3.63, 3.8) is 0 Å². The molecule has 0 aliphatic heterocycles. The summed E-state index contributed by atoms with van der Waals surface area (Å²) in [5.74, 6) is 0. The van der Waals surface area contributed by atoms with E-state index < -0.39 is 34.5 Å². The Morgan fingerprint density at radius 1 is 0.394 bits per heavy atom. The van der Waals surface area contributed by atoms with Crippen molar-refractivity contribution in [3.8, 4) is 0 Å². The van der Waals surface area contributed by atoms with Crippen molar-refractivity contribution < 1.29 is 39.8 Å². The van der Waals surface area contributed by atoms with E-state index in [1.54, 1.807) is 21.3 Å². The maximum Gasteiger partial charge on any atom is 0.505 e. The molecule has 0 amide bonds. The predicted octanol–water partition coefficient (Wildman–Crippen LogP) is 4.36. The highest BCUT2D eigenvalue weighted by atomic mass is 28.5. The van der Waals surface area contributed by atoms with Crippen LogP contribution >= 0.6 is 0 Å². The first-order valence-electron chi connectivity index (χ1n) is 12.0. The van der Waals surface area contributed by atoms with E-state index in [1.807, 2.05) is 41.5 Å². The molecule has 0 aliphatic rings. The third-order valence-electron chi connectivity index (χ3n) is 4.30. The lowest BCUT2D eigenvalue weighted by Crippen LogP contribution is -2.58. The molecule has 0 aromatic rings. The highest BCUT2D eigenvalue weighted by Gasteiger charge is 2.55. The first-order chi connectivity index (χ1) is 15.5. The second-order valence-electron chi connectivity index (χ2n) is 8.17. The lowest BCUT2D eigenvalue weighted by Gasteiger charge is -2.35. The second kappa shape index (κ2) is 18.7. The van der Waals surface area contributed by atoms with Crippen molar-refractivity contribution >= 4 is 34.5 Å². The zero-order chi connectivity index (χ0) is 26.0. The fraction of sp³-hybridized carbons (Fsp3) is 1.00. The molecule has 13 heteroatoms. The van der Waals surface area contributed by atoms with E-state index in [-0.39, 0.29) is 0 Å².